The van der Waals surface area contributed by atoms with Crippen molar-refractivity contribution in [3.8, 4) is 0 Å². The number of carbonyl (C=O) groups excluding carboxylic acids is 1. The lowest BCUT2D eigenvalue weighted by Crippen LogP contribution is -2.48. The standard InChI is InChI=1S/C14H20ClN3O/c1-2-17-7-9-18(10-8-17)11-14(19)16-13-6-4-3-5-12(13)15/h3-6H,2,7-11H2,1H3,(H,16,19). The van der Waals surface area contributed by atoms with E-state index in [9.17, 15) is 4.79 Å². The average Bonchev–Trinajstić information content (AvgIpc) is 2.42. The number of piperazine rings is 1. The van der Waals surface area contributed by atoms with Gasteiger partial charge >= 0.3 is 0 Å². The Morgan fingerprint density at radius 1 is 1.21 bits per heavy atom. The molecule has 0 aromatic heterocycles. The Morgan fingerprint density at radius 3 is 2.47 bits per heavy atom. The molecule has 1 aliphatic heterocycles. The number of hydrogen-bond acceptors (Lipinski definition) is 3. The van der Waals surface area contributed by atoms with E-state index in [0.29, 0.717) is 17.3 Å². The molecule has 0 unspecified atom stereocenters. The van der Waals surface area contributed by atoms with E-state index in [0.717, 1.165) is 32.7 Å². The molecule has 1 heterocycles. The number of halogens is 1. The lowest BCUT2D eigenvalue weighted by atomic mass is 10.3. The highest BCUT2D eigenvalue weighted by Crippen LogP contribution is 2.20. The molecule has 1 aliphatic rings. The Morgan fingerprint density at radius 2 is 1.84 bits per heavy atom. The van der Waals surface area contributed by atoms with Crippen LogP contribution >= 0.6 is 11.6 Å². The summed E-state index contributed by atoms with van der Waals surface area (Å²) >= 11 is 6.01. The van der Waals surface area contributed by atoms with E-state index < -0.39 is 0 Å². The number of hydrogen-bond donors (Lipinski definition) is 1. The molecule has 0 spiro atoms. The molecule has 0 bridgehead atoms. The van der Waals surface area contributed by atoms with Crippen molar-refractivity contribution in [1.29, 1.82) is 0 Å². The maximum Gasteiger partial charge on any atom is 0.238 e. The molecule has 4 nitrogen and oxygen atoms in total. The first-order valence-electron chi connectivity index (χ1n) is 6.68. The quantitative estimate of drug-likeness (QED) is 0.916. The minimum atomic E-state index is -0.00181. The monoisotopic (exact) mass is 281 g/mol. The highest BCUT2D eigenvalue weighted by atomic mass is 35.5. The molecule has 0 atom stereocenters. The number of carbonyl (C=O) groups is 1. The van der Waals surface area contributed by atoms with Gasteiger partial charge < -0.3 is 10.2 Å². The first-order chi connectivity index (χ1) is 9.19. The van der Waals surface area contributed by atoms with Crippen LogP contribution in [0, 0.1) is 0 Å². The van der Waals surface area contributed by atoms with Crippen LogP contribution in [0.25, 0.3) is 0 Å². The zero-order valence-corrected chi connectivity index (χ0v) is 12.0. The van der Waals surface area contributed by atoms with Crippen LogP contribution in [0.3, 0.4) is 0 Å². The number of amides is 1. The molecule has 1 aromatic rings. The van der Waals surface area contributed by atoms with Gasteiger partial charge in [-0.1, -0.05) is 30.7 Å². The summed E-state index contributed by atoms with van der Waals surface area (Å²) in [4.78, 5) is 16.5. The topological polar surface area (TPSA) is 35.6 Å². The zero-order chi connectivity index (χ0) is 13.7. The second-order valence-electron chi connectivity index (χ2n) is 4.74. The van der Waals surface area contributed by atoms with E-state index in [1.165, 1.54) is 0 Å². The lowest BCUT2D eigenvalue weighted by Gasteiger charge is -2.33. The van der Waals surface area contributed by atoms with Crippen LogP contribution in [0.4, 0.5) is 5.69 Å². The van der Waals surface area contributed by atoms with E-state index in [1.54, 1.807) is 6.07 Å². The first-order valence-corrected chi connectivity index (χ1v) is 7.06. The zero-order valence-electron chi connectivity index (χ0n) is 11.2. The van der Waals surface area contributed by atoms with Crippen molar-refractivity contribution in [2.24, 2.45) is 0 Å². The van der Waals surface area contributed by atoms with Gasteiger partial charge in [0.25, 0.3) is 0 Å². The van der Waals surface area contributed by atoms with Gasteiger partial charge in [0.1, 0.15) is 0 Å². The summed E-state index contributed by atoms with van der Waals surface area (Å²) in [7, 11) is 0. The smallest absolute Gasteiger partial charge is 0.238 e. The van der Waals surface area contributed by atoms with Crippen molar-refractivity contribution in [1.82, 2.24) is 9.80 Å². The summed E-state index contributed by atoms with van der Waals surface area (Å²) in [6.45, 7) is 7.65. The molecule has 19 heavy (non-hydrogen) atoms. The van der Waals surface area contributed by atoms with E-state index in [-0.39, 0.29) is 5.91 Å². The largest absolute Gasteiger partial charge is 0.324 e. The van der Waals surface area contributed by atoms with Gasteiger partial charge in [0.2, 0.25) is 5.91 Å². The fourth-order valence-corrected chi connectivity index (χ4v) is 2.40. The first kappa shape index (κ1) is 14.3. The van der Waals surface area contributed by atoms with Gasteiger partial charge in [-0.2, -0.15) is 0 Å². The van der Waals surface area contributed by atoms with Crippen LogP contribution in [0.5, 0.6) is 0 Å². The van der Waals surface area contributed by atoms with Crippen LogP contribution in [-0.2, 0) is 4.79 Å². The Labute approximate surface area is 119 Å². The van der Waals surface area contributed by atoms with E-state index in [2.05, 4.69) is 22.0 Å². The summed E-state index contributed by atoms with van der Waals surface area (Å²) in [6, 6.07) is 7.30. The third kappa shape index (κ3) is 4.20. The van der Waals surface area contributed by atoms with Crippen molar-refractivity contribution in [2.75, 3.05) is 44.6 Å². The van der Waals surface area contributed by atoms with Gasteiger partial charge in [0, 0.05) is 26.2 Å². The summed E-state index contributed by atoms with van der Waals surface area (Å²) in [5.41, 5.74) is 0.682. The lowest BCUT2D eigenvalue weighted by molar-refractivity contribution is -0.117. The maximum absolute atomic E-state index is 12.0. The van der Waals surface area contributed by atoms with Crippen LogP contribution in [-0.4, -0.2) is 55.0 Å². The minimum absolute atomic E-state index is 0.00181. The number of anilines is 1. The summed E-state index contributed by atoms with van der Waals surface area (Å²) in [5, 5.41) is 3.43. The van der Waals surface area contributed by atoms with Crippen molar-refractivity contribution >= 4 is 23.2 Å². The third-order valence-electron chi connectivity index (χ3n) is 3.43. The van der Waals surface area contributed by atoms with Crippen molar-refractivity contribution in [3.05, 3.63) is 29.3 Å². The van der Waals surface area contributed by atoms with E-state index in [1.807, 2.05) is 18.2 Å². The predicted molar refractivity (Wildman–Crippen MR) is 78.6 cm³/mol. The molecule has 104 valence electrons. The number of likely N-dealkylation sites (N-methyl/N-ethyl adjacent to an activating group) is 1. The SMILES string of the molecule is CCN1CCN(CC(=O)Nc2ccccc2Cl)CC1. The van der Waals surface area contributed by atoms with E-state index in [4.69, 9.17) is 11.6 Å². The second-order valence-corrected chi connectivity index (χ2v) is 5.15. The van der Waals surface area contributed by atoms with Gasteiger partial charge in [-0.15, -0.1) is 0 Å². The van der Waals surface area contributed by atoms with E-state index >= 15 is 0 Å². The normalized spacial score (nSPS) is 17.4. The number of nitrogens with one attached hydrogen (secondary N) is 1. The predicted octanol–water partition coefficient (Wildman–Crippen LogP) is 1.92. The molecule has 1 aromatic carbocycles. The second kappa shape index (κ2) is 6.89. The van der Waals surface area contributed by atoms with Crippen LogP contribution in [0.2, 0.25) is 5.02 Å². The van der Waals surface area contributed by atoms with Gasteiger partial charge in [-0.3, -0.25) is 9.69 Å². The summed E-state index contributed by atoms with van der Waals surface area (Å²) in [6.07, 6.45) is 0. The van der Waals surface area contributed by atoms with Crippen LogP contribution in [0.1, 0.15) is 6.92 Å². The number of para-hydroxylation sites is 1. The molecule has 1 saturated heterocycles. The van der Waals surface area contributed by atoms with Gasteiger partial charge in [0.05, 0.1) is 17.3 Å². The minimum Gasteiger partial charge on any atom is -0.324 e. The average molecular weight is 282 g/mol. The highest BCUT2D eigenvalue weighted by Gasteiger charge is 2.17. The van der Waals surface area contributed by atoms with Crippen LogP contribution < -0.4 is 5.32 Å². The number of nitrogens with zero attached hydrogens (tertiary/aromatic N) is 2. The third-order valence-corrected chi connectivity index (χ3v) is 3.76. The van der Waals surface area contributed by atoms with Crippen molar-refractivity contribution < 1.29 is 4.79 Å². The Kier molecular flexibility index (Phi) is 5.19. The van der Waals surface area contributed by atoms with Crippen molar-refractivity contribution in [3.63, 3.8) is 0 Å². The van der Waals surface area contributed by atoms with Crippen LogP contribution in [0.15, 0.2) is 24.3 Å². The Hall–Kier alpha value is -1.10. The van der Waals surface area contributed by atoms with Gasteiger partial charge in [0.15, 0.2) is 0 Å². The molecule has 0 saturated carbocycles. The highest BCUT2D eigenvalue weighted by molar-refractivity contribution is 6.33. The Balaban J connectivity index is 1.81. The number of rotatable bonds is 4. The molecular weight excluding hydrogens is 262 g/mol. The summed E-state index contributed by atoms with van der Waals surface area (Å²) in [5.74, 6) is -0.00181. The molecule has 5 heteroatoms. The van der Waals surface area contributed by atoms with Gasteiger partial charge in [-0.25, -0.2) is 0 Å². The molecule has 1 amide bonds. The van der Waals surface area contributed by atoms with Gasteiger partial charge in [-0.05, 0) is 18.7 Å². The molecule has 0 aliphatic carbocycles. The fraction of sp³-hybridized carbons (Fsp3) is 0.500. The fourth-order valence-electron chi connectivity index (χ4n) is 2.22. The molecule has 1 fully saturated rings. The van der Waals surface area contributed by atoms with Crippen molar-refractivity contribution in [2.45, 2.75) is 6.92 Å². The Bertz CT molecular complexity index is 430. The molecule has 0 radical (unpaired) electrons. The molecule has 2 rings (SSSR count). The summed E-state index contributed by atoms with van der Waals surface area (Å²) < 4.78 is 0. The molecule has 1 N–H and O–H groups in total. The maximum atomic E-state index is 12.0. The molecular formula is C14H20ClN3O. The number of benzene rings is 1.